The molecule has 3 heteroatoms. The second-order valence-corrected chi connectivity index (χ2v) is 5.23. The van der Waals surface area contributed by atoms with E-state index in [-0.39, 0.29) is 6.04 Å². The first kappa shape index (κ1) is 13.4. The van der Waals surface area contributed by atoms with Gasteiger partial charge in [-0.1, -0.05) is 20.8 Å². The van der Waals surface area contributed by atoms with Gasteiger partial charge in [0.15, 0.2) is 0 Å². The Morgan fingerprint density at radius 3 is 2.21 bits per heavy atom. The SMILES string of the molecule is CC(CCC(C)(C)C)N[C@@H](C)C(=O)O. The van der Waals surface area contributed by atoms with Gasteiger partial charge in [0.25, 0.3) is 0 Å². The standard InChI is InChI=1S/C11H23NO2/c1-8(6-7-11(3,4)5)12-9(2)10(13)14/h8-9,12H,6-7H2,1-5H3,(H,13,14)/t8?,9-/m0/s1. The molecule has 0 bridgehead atoms. The van der Waals surface area contributed by atoms with Crippen molar-refractivity contribution in [3.8, 4) is 0 Å². The Labute approximate surface area is 86.9 Å². The molecule has 0 heterocycles. The number of hydrogen-bond acceptors (Lipinski definition) is 2. The minimum Gasteiger partial charge on any atom is -0.480 e. The van der Waals surface area contributed by atoms with Crippen LogP contribution in [0.15, 0.2) is 0 Å². The van der Waals surface area contributed by atoms with Gasteiger partial charge in [0.1, 0.15) is 6.04 Å². The fourth-order valence-electron chi connectivity index (χ4n) is 1.23. The van der Waals surface area contributed by atoms with Crippen LogP contribution >= 0.6 is 0 Å². The van der Waals surface area contributed by atoms with Gasteiger partial charge >= 0.3 is 5.97 Å². The Kier molecular flexibility index (Phi) is 5.13. The molecule has 0 saturated heterocycles. The van der Waals surface area contributed by atoms with Crippen LogP contribution in [-0.2, 0) is 4.79 Å². The van der Waals surface area contributed by atoms with Gasteiger partial charge in [-0.3, -0.25) is 4.79 Å². The zero-order valence-electron chi connectivity index (χ0n) is 9.92. The number of nitrogens with one attached hydrogen (secondary N) is 1. The second-order valence-electron chi connectivity index (χ2n) is 5.23. The third-order valence-corrected chi connectivity index (χ3v) is 2.23. The number of carboxylic acids is 1. The molecule has 0 aromatic heterocycles. The first-order chi connectivity index (χ1) is 6.22. The lowest BCUT2D eigenvalue weighted by molar-refractivity contribution is -0.139. The third kappa shape index (κ3) is 6.89. The molecule has 0 aliphatic heterocycles. The van der Waals surface area contributed by atoms with Crippen LogP contribution in [0.2, 0.25) is 0 Å². The van der Waals surface area contributed by atoms with Crippen LogP contribution in [0, 0.1) is 5.41 Å². The van der Waals surface area contributed by atoms with Crippen molar-refractivity contribution in [3.05, 3.63) is 0 Å². The molecule has 0 radical (unpaired) electrons. The second kappa shape index (κ2) is 5.35. The smallest absolute Gasteiger partial charge is 0.320 e. The maximum absolute atomic E-state index is 10.6. The normalized spacial score (nSPS) is 16.4. The summed E-state index contributed by atoms with van der Waals surface area (Å²) >= 11 is 0. The van der Waals surface area contributed by atoms with Gasteiger partial charge in [0, 0.05) is 6.04 Å². The topological polar surface area (TPSA) is 49.3 Å². The number of hydrogen-bond donors (Lipinski definition) is 2. The maximum Gasteiger partial charge on any atom is 0.320 e. The molecule has 0 aliphatic rings. The predicted octanol–water partition coefficient (Wildman–Crippen LogP) is 2.26. The van der Waals surface area contributed by atoms with Gasteiger partial charge in [-0.05, 0) is 32.1 Å². The van der Waals surface area contributed by atoms with Crippen molar-refractivity contribution in [3.63, 3.8) is 0 Å². The summed E-state index contributed by atoms with van der Waals surface area (Å²) in [5.74, 6) is -0.785. The molecule has 0 rings (SSSR count). The highest BCUT2D eigenvalue weighted by Crippen LogP contribution is 2.21. The highest BCUT2D eigenvalue weighted by atomic mass is 16.4. The van der Waals surface area contributed by atoms with E-state index < -0.39 is 12.0 Å². The van der Waals surface area contributed by atoms with Crippen molar-refractivity contribution in [2.24, 2.45) is 5.41 Å². The predicted molar refractivity (Wildman–Crippen MR) is 58.4 cm³/mol. The first-order valence-corrected chi connectivity index (χ1v) is 5.21. The van der Waals surface area contributed by atoms with Crippen LogP contribution in [-0.4, -0.2) is 23.2 Å². The summed E-state index contributed by atoms with van der Waals surface area (Å²) in [6.45, 7) is 10.3. The van der Waals surface area contributed by atoms with Gasteiger partial charge in [-0.25, -0.2) is 0 Å². The summed E-state index contributed by atoms with van der Waals surface area (Å²) in [6.07, 6.45) is 2.12. The van der Waals surface area contributed by atoms with Gasteiger partial charge in [0.05, 0.1) is 0 Å². The zero-order valence-corrected chi connectivity index (χ0v) is 9.92. The van der Waals surface area contributed by atoms with Crippen molar-refractivity contribution < 1.29 is 9.90 Å². The van der Waals surface area contributed by atoms with Crippen molar-refractivity contribution in [1.82, 2.24) is 5.32 Å². The maximum atomic E-state index is 10.6. The van der Waals surface area contributed by atoms with E-state index in [0.29, 0.717) is 5.41 Å². The quantitative estimate of drug-likeness (QED) is 0.717. The molecular weight excluding hydrogens is 178 g/mol. The monoisotopic (exact) mass is 201 g/mol. The summed E-state index contributed by atoms with van der Waals surface area (Å²) < 4.78 is 0. The van der Waals surface area contributed by atoms with Crippen LogP contribution in [0.5, 0.6) is 0 Å². The summed E-state index contributed by atoms with van der Waals surface area (Å²) in [5, 5.41) is 11.7. The van der Waals surface area contributed by atoms with Crippen LogP contribution in [0.1, 0.15) is 47.5 Å². The van der Waals surface area contributed by atoms with Gasteiger partial charge in [-0.2, -0.15) is 0 Å². The average Bonchev–Trinajstić information content (AvgIpc) is 1.99. The fourth-order valence-corrected chi connectivity index (χ4v) is 1.23. The lowest BCUT2D eigenvalue weighted by atomic mass is 9.89. The lowest BCUT2D eigenvalue weighted by Crippen LogP contribution is -2.40. The van der Waals surface area contributed by atoms with Gasteiger partial charge in [-0.15, -0.1) is 0 Å². The zero-order chi connectivity index (χ0) is 11.4. The molecule has 2 atom stereocenters. The van der Waals surface area contributed by atoms with E-state index in [1.54, 1.807) is 6.92 Å². The third-order valence-electron chi connectivity index (χ3n) is 2.23. The molecule has 0 fully saturated rings. The molecule has 3 nitrogen and oxygen atoms in total. The first-order valence-electron chi connectivity index (χ1n) is 5.21. The average molecular weight is 201 g/mol. The lowest BCUT2D eigenvalue weighted by Gasteiger charge is -2.22. The molecule has 0 aromatic carbocycles. The van der Waals surface area contributed by atoms with Crippen LogP contribution in [0.3, 0.4) is 0 Å². The largest absolute Gasteiger partial charge is 0.480 e. The molecule has 0 aliphatic carbocycles. The van der Waals surface area contributed by atoms with Crippen LogP contribution in [0.25, 0.3) is 0 Å². The number of carbonyl (C=O) groups is 1. The Morgan fingerprint density at radius 2 is 1.86 bits per heavy atom. The van der Waals surface area contributed by atoms with E-state index in [4.69, 9.17) is 5.11 Å². The highest BCUT2D eigenvalue weighted by molar-refractivity contribution is 5.72. The van der Waals surface area contributed by atoms with E-state index in [1.807, 2.05) is 6.92 Å². The van der Waals surface area contributed by atoms with Crippen LogP contribution in [0.4, 0.5) is 0 Å². The number of rotatable bonds is 5. The van der Waals surface area contributed by atoms with Crippen molar-refractivity contribution in [2.45, 2.75) is 59.5 Å². The van der Waals surface area contributed by atoms with E-state index in [2.05, 4.69) is 26.1 Å². The van der Waals surface area contributed by atoms with Gasteiger partial charge < -0.3 is 10.4 Å². The summed E-state index contributed by atoms with van der Waals surface area (Å²) in [5.41, 5.74) is 0.322. The van der Waals surface area contributed by atoms with Gasteiger partial charge in [0.2, 0.25) is 0 Å². The van der Waals surface area contributed by atoms with E-state index in [9.17, 15) is 4.79 Å². The summed E-state index contributed by atoms with van der Waals surface area (Å²) in [6, 6.07) is -0.190. The van der Waals surface area contributed by atoms with E-state index in [1.165, 1.54) is 0 Å². The number of aliphatic carboxylic acids is 1. The van der Waals surface area contributed by atoms with Crippen molar-refractivity contribution >= 4 is 5.97 Å². The molecule has 1 unspecified atom stereocenters. The molecular formula is C11H23NO2. The fraction of sp³-hybridized carbons (Fsp3) is 0.909. The molecule has 0 aromatic rings. The molecule has 0 amide bonds. The molecule has 0 saturated carbocycles. The molecule has 0 spiro atoms. The Morgan fingerprint density at radius 1 is 1.36 bits per heavy atom. The Hall–Kier alpha value is -0.570. The summed E-state index contributed by atoms with van der Waals surface area (Å²) in [7, 11) is 0. The van der Waals surface area contributed by atoms with Crippen molar-refractivity contribution in [2.75, 3.05) is 0 Å². The Bertz CT molecular complexity index is 184. The van der Waals surface area contributed by atoms with Crippen molar-refractivity contribution in [1.29, 1.82) is 0 Å². The molecule has 2 N–H and O–H groups in total. The van der Waals surface area contributed by atoms with E-state index in [0.717, 1.165) is 12.8 Å². The molecule has 84 valence electrons. The highest BCUT2D eigenvalue weighted by Gasteiger charge is 2.16. The number of carboxylic acid groups (broad SMARTS) is 1. The minimum atomic E-state index is -0.785. The van der Waals surface area contributed by atoms with E-state index >= 15 is 0 Å². The minimum absolute atomic E-state index is 0.264. The molecule has 14 heavy (non-hydrogen) atoms. The summed E-state index contributed by atoms with van der Waals surface area (Å²) in [4.78, 5) is 10.6. The Balaban J connectivity index is 3.76. The van der Waals surface area contributed by atoms with Crippen LogP contribution < -0.4 is 5.32 Å².